The van der Waals surface area contributed by atoms with Crippen LogP contribution in [0.25, 0.3) is 0 Å². The first-order chi connectivity index (χ1) is 8.49. The molecule has 1 aromatic carbocycles. The van der Waals surface area contributed by atoms with Crippen molar-refractivity contribution in [1.29, 1.82) is 5.26 Å². The van der Waals surface area contributed by atoms with Gasteiger partial charge in [-0.1, -0.05) is 0 Å². The van der Waals surface area contributed by atoms with Crippen molar-refractivity contribution >= 4 is 5.69 Å². The van der Waals surface area contributed by atoms with Crippen LogP contribution in [-0.2, 0) is 0 Å². The average molecular weight is 252 g/mol. The largest absolute Gasteiger partial charge is 0.396 e. The minimum absolute atomic E-state index is 0.0226. The molecule has 0 fully saturated rings. The number of rotatable bonds is 5. The van der Waals surface area contributed by atoms with Crippen molar-refractivity contribution in [2.45, 2.75) is 18.6 Å². The Morgan fingerprint density at radius 1 is 1.39 bits per heavy atom. The maximum Gasteiger partial charge on any atom is 0.271 e. The number of aliphatic hydroxyl groups is 3. The molecule has 96 valence electrons. The van der Waals surface area contributed by atoms with Gasteiger partial charge in [-0.25, -0.2) is 0 Å². The van der Waals surface area contributed by atoms with E-state index in [4.69, 9.17) is 10.4 Å². The summed E-state index contributed by atoms with van der Waals surface area (Å²) in [6.45, 7) is -0.321. The molecule has 18 heavy (non-hydrogen) atoms. The molecule has 1 rings (SSSR count). The van der Waals surface area contributed by atoms with Gasteiger partial charge in [-0.2, -0.15) is 5.26 Å². The van der Waals surface area contributed by atoms with Crippen LogP contribution in [0.2, 0.25) is 0 Å². The number of nitrogens with zero attached hydrogens (tertiary/aromatic N) is 2. The molecule has 0 aliphatic carbocycles. The highest BCUT2D eigenvalue weighted by molar-refractivity contribution is 5.45. The Hall–Kier alpha value is -2.01. The van der Waals surface area contributed by atoms with E-state index in [0.29, 0.717) is 0 Å². The predicted molar refractivity (Wildman–Crippen MR) is 60.5 cm³/mol. The van der Waals surface area contributed by atoms with Crippen LogP contribution in [0.1, 0.15) is 23.7 Å². The zero-order chi connectivity index (χ0) is 13.7. The molecule has 3 N–H and O–H groups in total. The molecule has 0 spiro atoms. The third-order valence-corrected chi connectivity index (χ3v) is 2.41. The fourth-order valence-corrected chi connectivity index (χ4v) is 1.49. The van der Waals surface area contributed by atoms with E-state index in [1.807, 2.05) is 0 Å². The zero-order valence-electron chi connectivity index (χ0n) is 9.35. The van der Waals surface area contributed by atoms with Gasteiger partial charge in [-0.3, -0.25) is 10.1 Å². The Morgan fingerprint density at radius 2 is 2.06 bits per heavy atom. The lowest BCUT2D eigenvalue weighted by atomic mass is 10.00. The van der Waals surface area contributed by atoms with Crippen LogP contribution in [-0.4, -0.2) is 33.0 Å². The van der Waals surface area contributed by atoms with Gasteiger partial charge in [0.05, 0.1) is 22.7 Å². The number of nitro benzene ring substituents is 1. The van der Waals surface area contributed by atoms with E-state index < -0.39 is 17.1 Å². The highest BCUT2D eigenvalue weighted by Crippen LogP contribution is 2.24. The molecule has 2 unspecified atom stereocenters. The van der Waals surface area contributed by atoms with E-state index in [9.17, 15) is 20.3 Å². The Balaban J connectivity index is 3.12. The summed E-state index contributed by atoms with van der Waals surface area (Å²) >= 11 is 0. The van der Waals surface area contributed by atoms with Crippen molar-refractivity contribution in [3.8, 4) is 6.07 Å². The lowest BCUT2D eigenvalue weighted by Crippen LogP contribution is -2.19. The van der Waals surface area contributed by atoms with E-state index >= 15 is 0 Å². The lowest BCUT2D eigenvalue weighted by molar-refractivity contribution is -0.385. The molecule has 0 aliphatic rings. The summed E-state index contributed by atoms with van der Waals surface area (Å²) in [6.07, 6.45) is -2.70. The molecule has 7 heteroatoms. The molecule has 0 radical (unpaired) electrons. The van der Waals surface area contributed by atoms with Crippen LogP contribution in [0.4, 0.5) is 5.69 Å². The molecule has 0 heterocycles. The molecular weight excluding hydrogens is 240 g/mol. The smallest absolute Gasteiger partial charge is 0.271 e. The molecule has 0 bridgehead atoms. The van der Waals surface area contributed by atoms with Gasteiger partial charge in [-0.05, 0) is 18.1 Å². The number of nitriles is 1. The standard InChI is InChI=1S/C11H12N2O5/c12-6-7-3-8(5-9(4-7)13(17)18)11(16)10(15)1-2-14/h3-5,10-11,14-16H,1-2H2. The van der Waals surface area contributed by atoms with Crippen molar-refractivity contribution < 1.29 is 20.2 Å². The third kappa shape index (κ3) is 3.24. The van der Waals surface area contributed by atoms with Gasteiger partial charge in [0.15, 0.2) is 0 Å². The normalized spacial score (nSPS) is 13.7. The van der Waals surface area contributed by atoms with E-state index in [2.05, 4.69) is 0 Å². The average Bonchev–Trinajstić information content (AvgIpc) is 2.37. The van der Waals surface area contributed by atoms with Gasteiger partial charge >= 0.3 is 0 Å². The summed E-state index contributed by atoms with van der Waals surface area (Å²) in [7, 11) is 0. The highest BCUT2D eigenvalue weighted by Gasteiger charge is 2.21. The van der Waals surface area contributed by atoms with Gasteiger partial charge in [0.1, 0.15) is 6.10 Å². The molecule has 0 saturated carbocycles. The van der Waals surface area contributed by atoms with E-state index in [1.54, 1.807) is 6.07 Å². The predicted octanol–water partition coefficient (Wildman–Crippen LogP) is 0.243. The molecule has 7 nitrogen and oxygen atoms in total. The second-order valence-corrected chi connectivity index (χ2v) is 3.71. The fraction of sp³-hybridized carbons (Fsp3) is 0.364. The molecule has 2 atom stereocenters. The monoisotopic (exact) mass is 252 g/mol. The minimum Gasteiger partial charge on any atom is -0.396 e. The number of hydrogen-bond donors (Lipinski definition) is 3. The summed E-state index contributed by atoms with van der Waals surface area (Å²) in [5.41, 5.74) is -0.240. The Bertz CT molecular complexity index is 483. The van der Waals surface area contributed by atoms with Crippen molar-refractivity contribution in [3.63, 3.8) is 0 Å². The Morgan fingerprint density at radius 3 is 2.56 bits per heavy atom. The molecule has 0 aromatic heterocycles. The van der Waals surface area contributed by atoms with E-state index in [-0.39, 0.29) is 29.8 Å². The molecule has 1 aromatic rings. The number of benzene rings is 1. The van der Waals surface area contributed by atoms with Crippen LogP contribution in [0.5, 0.6) is 0 Å². The number of nitro groups is 1. The lowest BCUT2D eigenvalue weighted by Gasteiger charge is -2.17. The summed E-state index contributed by atoms with van der Waals surface area (Å²) in [5, 5.41) is 47.3. The maximum atomic E-state index is 10.7. The first kappa shape index (κ1) is 14.1. The molecule has 0 aliphatic heterocycles. The molecule has 0 saturated heterocycles. The van der Waals surface area contributed by atoms with Gasteiger partial charge in [0.2, 0.25) is 0 Å². The molecular formula is C11H12N2O5. The Kier molecular flexibility index (Phi) is 4.74. The first-order valence-corrected chi connectivity index (χ1v) is 5.16. The summed E-state index contributed by atoms with van der Waals surface area (Å²) in [5.74, 6) is 0. The van der Waals surface area contributed by atoms with Crippen LogP contribution < -0.4 is 0 Å². The second kappa shape index (κ2) is 6.07. The van der Waals surface area contributed by atoms with Crippen LogP contribution in [0.15, 0.2) is 18.2 Å². The zero-order valence-corrected chi connectivity index (χ0v) is 9.35. The van der Waals surface area contributed by atoms with Crippen molar-refractivity contribution in [2.24, 2.45) is 0 Å². The first-order valence-electron chi connectivity index (χ1n) is 5.16. The van der Waals surface area contributed by atoms with Crippen LogP contribution in [0.3, 0.4) is 0 Å². The molecule has 0 amide bonds. The Labute approximate surface area is 103 Å². The fourth-order valence-electron chi connectivity index (χ4n) is 1.49. The quantitative estimate of drug-likeness (QED) is 0.508. The number of non-ortho nitro benzene ring substituents is 1. The summed E-state index contributed by atoms with van der Waals surface area (Å²) in [4.78, 5) is 9.97. The topological polar surface area (TPSA) is 128 Å². The van der Waals surface area contributed by atoms with Crippen molar-refractivity contribution in [1.82, 2.24) is 0 Å². The van der Waals surface area contributed by atoms with Gasteiger partial charge in [0, 0.05) is 18.7 Å². The second-order valence-electron chi connectivity index (χ2n) is 3.71. The van der Waals surface area contributed by atoms with Gasteiger partial charge < -0.3 is 15.3 Å². The van der Waals surface area contributed by atoms with Crippen LogP contribution >= 0.6 is 0 Å². The van der Waals surface area contributed by atoms with Gasteiger partial charge in [0.25, 0.3) is 5.69 Å². The van der Waals surface area contributed by atoms with Crippen molar-refractivity contribution in [2.75, 3.05) is 6.61 Å². The minimum atomic E-state index is -1.39. The number of aliphatic hydroxyl groups excluding tert-OH is 3. The highest BCUT2D eigenvalue weighted by atomic mass is 16.6. The summed E-state index contributed by atoms with van der Waals surface area (Å²) in [6, 6.07) is 5.17. The maximum absolute atomic E-state index is 10.7. The van der Waals surface area contributed by atoms with E-state index in [1.165, 1.54) is 6.07 Å². The number of hydrogen-bond acceptors (Lipinski definition) is 6. The van der Waals surface area contributed by atoms with Crippen molar-refractivity contribution in [3.05, 3.63) is 39.4 Å². The summed E-state index contributed by atoms with van der Waals surface area (Å²) < 4.78 is 0. The van der Waals surface area contributed by atoms with Crippen LogP contribution in [0, 0.1) is 21.4 Å². The van der Waals surface area contributed by atoms with Gasteiger partial charge in [-0.15, -0.1) is 0 Å². The SMILES string of the molecule is N#Cc1cc(C(O)C(O)CCO)cc([N+](=O)[O-])c1. The van der Waals surface area contributed by atoms with E-state index in [0.717, 1.165) is 12.1 Å². The third-order valence-electron chi connectivity index (χ3n) is 2.41.